The number of hydrogen-bond donors (Lipinski definition) is 2. The largest absolute Gasteiger partial charge is 0.271 e. The van der Waals surface area contributed by atoms with E-state index in [1.54, 1.807) is 0 Å². The highest BCUT2D eigenvalue weighted by molar-refractivity contribution is 6.31. The number of nitrogens with two attached hydrogens (primary N) is 1. The standard InChI is InChI=1S/C18H17ClN2/c1-12-14(9-5-11-17(12)19)18(21-20)16-10-4-7-13-6-2-3-8-15(13)16/h2-11,18,21H,20H2,1H3. The summed E-state index contributed by atoms with van der Waals surface area (Å²) in [5, 5.41) is 3.16. The van der Waals surface area contributed by atoms with Gasteiger partial charge in [-0.05, 0) is 40.5 Å². The third kappa shape index (κ3) is 2.54. The van der Waals surface area contributed by atoms with Crippen LogP contribution >= 0.6 is 11.6 Å². The maximum atomic E-state index is 6.25. The van der Waals surface area contributed by atoms with Gasteiger partial charge in [0.25, 0.3) is 0 Å². The molecule has 3 aromatic carbocycles. The Kier molecular flexibility index (Phi) is 3.93. The minimum absolute atomic E-state index is 0.0881. The third-order valence-corrected chi connectivity index (χ3v) is 4.33. The van der Waals surface area contributed by atoms with Gasteiger partial charge in [-0.25, -0.2) is 5.43 Å². The van der Waals surface area contributed by atoms with E-state index in [0.717, 1.165) is 21.7 Å². The molecule has 3 aromatic rings. The van der Waals surface area contributed by atoms with Crippen LogP contribution in [0.5, 0.6) is 0 Å². The normalized spacial score (nSPS) is 12.5. The fourth-order valence-corrected chi connectivity index (χ4v) is 2.97. The summed E-state index contributed by atoms with van der Waals surface area (Å²) in [7, 11) is 0. The maximum Gasteiger partial charge on any atom is 0.0719 e. The van der Waals surface area contributed by atoms with E-state index in [2.05, 4.69) is 41.8 Å². The zero-order chi connectivity index (χ0) is 14.8. The van der Waals surface area contributed by atoms with Crippen LogP contribution in [0.4, 0.5) is 0 Å². The van der Waals surface area contributed by atoms with Gasteiger partial charge < -0.3 is 0 Å². The zero-order valence-corrected chi connectivity index (χ0v) is 12.6. The average molecular weight is 297 g/mol. The van der Waals surface area contributed by atoms with Gasteiger partial charge in [-0.15, -0.1) is 0 Å². The van der Waals surface area contributed by atoms with Crippen LogP contribution in [0.2, 0.25) is 5.02 Å². The van der Waals surface area contributed by atoms with Gasteiger partial charge in [-0.2, -0.15) is 0 Å². The number of nitrogens with one attached hydrogen (secondary N) is 1. The van der Waals surface area contributed by atoms with Crippen LogP contribution in [0.15, 0.2) is 60.7 Å². The fraction of sp³-hybridized carbons (Fsp3) is 0.111. The first-order valence-corrected chi connectivity index (χ1v) is 7.29. The number of fused-ring (bicyclic) bond motifs is 1. The van der Waals surface area contributed by atoms with Crippen molar-refractivity contribution in [2.75, 3.05) is 0 Å². The van der Waals surface area contributed by atoms with E-state index in [1.165, 1.54) is 10.8 Å². The molecule has 0 amide bonds. The third-order valence-electron chi connectivity index (χ3n) is 3.92. The molecule has 0 spiro atoms. The molecule has 0 saturated heterocycles. The van der Waals surface area contributed by atoms with Crippen molar-refractivity contribution < 1.29 is 0 Å². The van der Waals surface area contributed by atoms with Crippen LogP contribution < -0.4 is 11.3 Å². The summed E-state index contributed by atoms with van der Waals surface area (Å²) in [6.07, 6.45) is 0. The Morgan fingerprint density at radius 2 is 1.57 bits per heavy atom. The predicted molar refractivity (Wildman–Crippen MR) is 89.3 cm³/mol. The lowest BCUT2D eigenvalue weighted by molar-refractivity contribution is 0.638. The molecule has 3 N–H and O–H groups in total. The molecule has 0 saturated carbocycles. The molecule has 3 heteroatoms. The summed E-state index contributed by atoms with van der Waals surface area (Å²) in [6.45, 7) is 2.02. The molecular formula is C18H17ClN2. The molecule has 0 aromatic heterocycles. The lowest BCUT2D eigenvalue weighted by Crippen LogP contribution is -2.29. The molecule has 0 aliphatic heterocycles. The molecule has 1 unspecified atom stereocenters. The summed E-state index contributed by atoms with van der Waals surface area (Å²) in [4.78, 5) is 0. The molecule has 2 nitrogen and oxygen atoms in total. The number of rotatable bonds is 3. The van der Waals surface area contributed by atoms with Crippen LogP contribution in [0, 0.1) is 6.92 Å². The minimum atomic E-state index is -0.0881. The molecule has 0 fully saturated rings. The summed E-state index contributed by atoms with van der Waals surface area (Å²) in [5.74, 6) is 5.85. The van der Waals surface area contributed by atoms with Crippen LogP contribution in [0.25, 0.3) is 10.8 Å². The van der Waals surface area contributed by atoms with Crippen molar-refractivity contribution in [3.8, 4) is 0 Å². The van der Waals surface area contributed by atoms with E-state index >= 15 is 0 Å². The van der Waals surface area contributed by atoms with E-state index < -0.39 is 0 Å². The van der Waals surface area contributed by atoms with E-state index in [1.807, 2.05) is 31.2 Å². The monoisotopic (exact) mass is 296 g/mol. The van der Waals surface area contributed by atoms with Gasteiger partial charge in [0.05, 0.1) is 6.04 Å². The van der Waals surface area contributed by atoms with Crippen LogP contribution in [-0.4, -0.2) is 0 Å². The van der Waals surface area contributed by atoms with Gasteiger partial charge in [0, 0.05) is 5.02 Å². The number of benzene rings is 3. The Morgan fingerprint density at radius 3 is 2.38 bits per heavy atom. The molecule has 0 heterocycles. The van der Waals surface area contributed by atoms with Crippen LogP contribution in [-0.2, 0) is 0 Å². The van der Waals surface area contributed by atoms with Crippen molar-refractivity contribution in [1.29, 1.82) is 0 Å². The highest BCUT2D eigenvalue weighted by atomic mass is 35.5. The summed E-state index contributed by atoms with van der Waals surface area (Å²) >= 11 is 6.25. The van der Waals surface area contributed by atoms with Crippen LogP contribution in [0.3, 0.4) is 0 Å². The number of halogens is 1. The number of hydrazine groups is 1. The summed E-state index contributed by atoms with van der Waals surface area (Å²) < 4.78 is 0. The SMILES string of the molecule is Cc1c(Cl)cccc1C(NN)c1cccc2ccccc12. The first kappa shape index (κ1) is 14.1. The van der Waals surface area contributed by atoms with Gasteiger partial charge in [0.2, 0.25) is 0 Å². The smallest absolute Gasteiger partial charge is 0.0719 e. The second-order valence-corrected chi connectivity index (χ2v) is 5.53. The average Bonchev–Trinajstić information content (AvgIpc) is 2.52. The van der Waals surface area contributed by atoms with Crippen molar-refractivity contribution >= 4 is 22.4 Å². The molecule has 0 aliphatic rings. The first-order chi connectivity index (χ1) is 10.2. The molecule has 1 atom stereocenters. The first-order valence-electron chi connectivity index (χ1n) is 6.91. The Morgan fingerprint density at radius 1 is 0.905 bits per heavy atom. The lowest BCUT2D eigenvalue weighted by atomic mass is 9.92. The molecule has 106 valence electrons. The zero-order valence-electron chi connectivity index (χ0n) is 11.8. The van der Waals surface area contributed by atoms with Gasteiger partial charge in [-0.3, -0.25) is 5.84 Å². The minimum Gasteiger partial charge on any atom is -0.271 e. The molecule has 3 rings (SSSR count). The Hall–Kier alpha value is -1.87. The second-order valence-electron chi connectivity index (χ2n) is 5.12. The van der Waals surface area contributed by atoms with E-state index in [9.17, 15) is 0 Å². The highest BCUT2D eigenvalue weighted by Crippen LogP contribution is 2.32. The van der Waals surface area contributed by atoms with Crippen molar-refractivity contribution in [2.45, 2.75) is 13.0 Å². The molecule has 0 radical (unpaired) electrons. The van der Waals surface area contributed by atoms with Gasteiger partial charge in [-0.1, -0.05) is 66.2 Å². The van der Waals surface area contributed by atoms with Gasteiger partial charge >= 0.3 is 0 Å². The topological polar surface area (TPSA) is 38.0 Å². The van der Waals surface area contributed by atoms with E-state index in [4.69, 9.17) is 17.4 Å². The predicted octanol–water partition coefficient (Wildman–Crippen LogP) is 4.35. The maximum absolute atomic E-state index is 6.25. The molecule has 0 bridgehead atoms. The van der Waals surface area contributed by atoms with E-state index in [0.29, 0.717) is 0 Å². The number of hydrogen-bond acceptors (Lipinski definition) is 2. The quantitative estimate of drug-likeness (QED) is 0.557. The molecule has 0 aliphatic carbocycles. The summed E-state index contributed by atoms with van der Waals surface area (Å²) in [6, 6.07) is 20.4. The fourth-order valence-electron chi connectivity index (χ4n) is 2.79. The van der Waals surface area contributed by atoms with Crippen molar-refractivity contribution in [2.24, 2.45) is 5.84 Å². The van der Waals surface area contributed by atoms with Crippen LogP contribution in [0.1, 0.15) is 22.7 Å². The lowest BCUT2D eigenvalue weighted by Gasteiger charge is -2.21. The van der Waals surface area contributed by atoms with Gasteiger partial charge in [0.1, 0.15) is 0 Å². The Bertz CT molecular complexity index is 778. The Labute approximate surface area is 129 Å². The van der Waals surface area contributed by atoms with Crippen molar-refractivity contribution in [1.82, 2.24) is 5.43 Å². The summed E-state index contributed by atoms with van der Waals surface area (Å²) in [5.41, 5.74) is 6.24. The van der Waals surface area contributed by atoms with Gasteiger partial charge in [0.15, 0.2) is 0 Å². The molecule has 21 heavy (non-hydrogen) atoms. The van der Waals surface area contributed by atoms with Crippen molar-refractivity contribution in [3.05, 3.63) is 82.4 Å². The highest BCUT2D eigenvalue weighted by Gasteiger charge is 2.17. The Balaban J connectivity index is 2.21. The van der Waals surface area contributed by atoms with E-state index in [-0.39, 0.29) is 6.04 Å². The second kappa shape index (κ2) is 5.86. The molecular weight excluding hydrogens is 280 g/mol. The van der Waals surface area contributed by atoms with Crippen molar-refractivity contribution in [3.63, 3.8) is 0 Å².